The summed E-state index contributed by atoms with van der Waals surface area (Å²) in [6, 6.07) is 0. The van der Waals surface area contributed by atoms with Crippen LogP contribution in [0.25, 0.3) is 0 Å². The van der Waals surface area contributed by atoms with E-state index in [1.54, 1.807) is 0 Å². The Hall–Kier alpha value is -1.10. The highest BCUT2D eigenvalue weighted by atomic mass is 16.5. The standard InChI is InChI=1S/C11H18N2O3/c1-7-5-13(6-8(2)16-7)11(15)9-3-10(14)12-4-9/h7-9H,3-6H2,1-2H3,(H,12,14)/t7-,8+,9?. The topological polar surface area (TPSA) is 58.6 Å². The Morgan fingerprint density at radius 2 is 2.00 bits per heavy atom. The van der Waals surface area contributed by atoms with Gasteiger partial charge in [-0.3, -0.25) is 9.59 Å². The van der Waals surface area contributed by atoms with E-state index in [2.05, 4.69) is 5.32 Å². The molecule has 2 rings (SSSR count). The highest BCUT2D eigenvalue weighted by molar-refractivity contribution is 5.89. The molecule has 16 heavy (non-hydrogen) atoms. The first kappa shape index (κ1) is 11.4. The SMILES string of the molecule is C[C@@H]1CN(C(=O)C2CNC(=O)C2)C[C@H](C)O1. The number of carbonyl (C=O) groups excluding carboxylic acids is 2. The van der Waals surface area contributed by atoms with Crippen LogP contribution in [-0.4, -0.2) is 48.6 Å². The molecule has 5 nitrogen and oxygen atoms in total. The smallest absolute Gasteiger partial charge is 0.228 e. The minimum absolute atomic E-state index is 0.0206. The molecule has 0 aromatic rings. The van der Waals surface area contributed by atoms with Crippen molar-refractivity contribution < 1.29 is 14.3 Å². The maximum absolute atomic E-state index is 12.1. The maximum atomic E-state index is 12.1. The Morgan fingerprint density at radius 3 is 2.50 bits per heavy atom. The van der Waals surface area contributed by atoms with Crippen molar-refractivity contribution in [2.75, 3.05) is 19.6 Å². The van der Waals surface area contributed by atoms with E-state index in [9.17, 15) is 9.59 Å². The second-order valence-corrected chi connectivity index (χ2v) is 4.71. The number of hydrogen-bond acceptors (Lipinski definition) is 3. The number of nitrogens with zero attached hydrogens (tertiary/aromatic N) is 1. The molecular weight excluding hydrogens is 208 g/mol. The lowest BCUT2D eigenvalue weighted by atomic mass is 10.1. The average molecular weight is 226 g/mol. The van der Waals surface area contributed by atoms with Crippen molar-refractivity contribution >= 4 is 11.8 Å². The van der Waals surface area contributed by atoms with Crippen molar-refractivity contribution in [2.24, 2.45) is 5.92 Å². The van der Waals surface area contributed by atoms with Crippen LogP contribution in [0.1, 0.15) is 20.3 Å². The molecule has 1 N–H and O–H groups in total. The molecule has 0 spiro atoms. The summed E-state index contributed by atoms with van der Waals surface area (Å²) < 4.78 is 5.57. The summed E-state index contributed by atoms with van der Waals surface area (Å²) in [6.45, 7) is 5.68. The number of hydrogen-bond donors (Lipinski definition) is 1. The fourth-order valence-corrected chi connectivity index (χ4v) is 2.40. The quantitative estimate of drug-likeness (QED) is 0.671. The molecular formula is C11H18N2O3. The summed E-state index contributed by atoms with van der Waals surface area (Å²) in [5.41, 5.74) is 0. The van der Waals surface area contributed by atoms with Gasteiger partial charge in [-0.1, -0.05) is 0 Å². The van der Waals surface area contributed by atoms with Crippen LogP contribution in [0.4, 0.5) is 0 Å². The van der Waals surface area contributed by atoms with Crippen LogP contribution in [0.2, 0.25) is 0 Å². The molecule has 0 aromatic heterocycles. The molecule has 90 valence electrons. The van der Waals surface area contributed by atoms with Crippen molar-refractivity contribution in [1.29, 1.82) is 0 Å². The molecule has 0 saturated carbocycles. The Balaban J connectivity index is 1.96. The molecule has 2 amide bonds. The van der Waals surface area contributed by atoms with E-state index in [1.165, 1.54) is 0 Å². The van der Waals surface area contributed by atoms with Crippen molar-refractivity contribution in [1.82, 2.24) is 10.2 Å². The number of nitrogens with one attached hydrogen (secondary N) is 1. The largest absolute Gasteiger partial charge is 0.372 e. The second-order valence-electron chi connectivity index (χ2n) is 4.71. The minimum atomic E-state index is -0.176. The zero-order chi connectivity index (χ0) is 11.7. The molecule has 0 radical (unpaired) electrons. The van der Waals surface area contributed by atoms with Crippen LogP contribution >= 0.6 is 0 Å². The van der Waals surface area contributed by atoms with E-state index in [1.807, 2.05) is 18.7 Å². The molecule has 3 atom stereocenters. The van der Waals surface area contributed by atoms with E-state index in [0.717, 1.165) is 0 Å². The summed E-state index contributed by atoms with van der Waals surface area (Å²) in [4.78, 5) is 25.0. The van der Waals surface area contributed by atoms with Gasteiger partial charge in [-0.05, 0) is 13.8 Å². The van der Waals surface area contributed by atoms with Crippen molar-refractivity contribution in [3.63, 3.8) is 0 Å². The number of carbonyl (C=O) groups is 2. The average Bonchev–Trinajstić information content (AvgIpc) is 2.62. The minimum Gasteiger partial charge on any atom is -0.372 e. The lowest BCUT2D eigenvalue weighted by Crippen LogP contribution is -2.50. The monoisotopic (exact) mass is 226 g/mol. The highest BCUT2D eigenvalue weighted by Gasteiger charge is 2.34. The van der Waals surface area contributed by atoms with Crippen LogP contribution in [0, 0.1) is 5.92 Å². The fraction of sp³-hybridized carbons (Fsp3) is 0.818. The van der Waals surface area contributed by atoms with Crippen molar-refractivity contribution in [3.8, 4) is 0 Å². The van der Waals surface area contributed by atoms with E-state index in [-0.39, 0.29) is 29.9 Å². The van der Waals surface area contributed by atoms with E-state index >= 15 is 0 Å². The summed E-state index contributed by atoms with van der Waals surface area (Å²) >= 11 is 0. The van der Waals surface area contributed by atoms with Crippen LogP contribution < -0.4 is 5.32 Å². The van der Waals surface area contributed by atoms with Crippen LogP contribution in [0.15, 0.2) is 0 Å². The molecule has 2 aliphatic rings. The Kier molecular flexibility index (Phi) is 3.14. The number of rotatable bonds is 1. The normalized spacial score (nSPS) is 35.0. The van der Waals surface area contributed by atoms with Gasteiger partial charge >= 0.3 is 0 Å². The molecule has 2 saturated heterocycles. The molecule has 0 aromatic carbocycles. The number of ether oxygens (including phenoxy) is 1. The third-order valence-corrected chi connectivity index (χ3v) is 3.06. The van der Waals surface area contributed by atoms with Gasteiger partial charge in [0, 0.05) is 26.1 Å². The number of amides is 2. The van der Waals surface area contributed by atoms with Gasteiger partial charge in [0.15, 0.2) is 0 Å². The molecule has 2 aliphatic heterocycles. The summed E-state index contributed by atoms with van der Waals surface area (Å²) in [5, 5.41) is 2.69. The van der Waals surface area contributed by atoms with E-state index < -0.39 is 0 Å². The molecule has 2 heterocycles. The van der Waals surface area contributed by atoms with Crippen molar-refractivity contribution in [3.05, 3.63) is 0 Å². The third kappa shape index (κ3) is 2.35. The fourth-order valence-electron chi connectivity index (χ4n) is 2.40. The van der Waals surface area contributed by atoms with E-state index in [0.29, 0.717) is 26.1 Å². The molecule has 0 bridgehead atoms. The van der Waals surface area contributed by atoms with Gasteiger partial charge in [0.05, 0.1) is 18.1 Å². The molecule has 0 aliphatic carbocycles. The summed E-state index contributed by atoms with van der Waals surface area (Å²) in [5.74, 6) is -0.113. The highest BCUT2D eigenvalue weighted by Crippen LogP contribution is 2.17. The summed E-state index contributed by atoms with van der Waals surface area (Å²) in [7, 11) is 0. The van der Waals surface area contributed by atoms with Crippen LogP contribution in [0.5, 0.6) is 0 Å². The Morgan fingerprint density at radius 1 is 1.38 bits per heavy atom. The first-order chi connectivity index (χ1) is 7.56. The zero-order valence-electron chi connectivity index (χ0n) is 9.73. The van der Waals surface area contributed by atoms with Gasteiger partial charge in [0.1, 0.15) is 0 Å². The Bertz CT molecular complexity index is 296. The van der Waals surface area contributed by atoms with Crippen LogP contribution in [0.3, 0.4) is 0 Å². The first-order valence-electron chi connectivity index (χ1n) is 5.77. The van der Waals surface area contributed by atoms with Crippen molar-refractivity contribution in [2.45, 2.75) is 32.5 Å². The molecule has 1 unspecified atom stereocenters. The van der Waals surface area contributed by atoms with E-state index in [4.69, 9.17) is 4.74 Å². The van der Waals surface area contributed by atoms with Gasteiger partial charge in [-0.15, -0.1) is 0 Å². The van der Waals surface area contributed by atoms with Gasteiger partial charge < -0.3 is 15.0 Å². The molecule has 5 heteroatoms. The predicted molar refractivity (Wildman–Crippen MR) is 57.7 cm³/mol. The van der Waals surface area contributed by atoms with Crippen LogP contribution in [-0.2, 0) is 14.3 Å². The maximum Gasteiger partial charge on any atom is 0.228 e. The Labute approximate surface area is 95.1 Å². The molecule has 2 fully saturated rings. The zero-order valence-corrected chi connectivity index (χ0v) is 9.73. The number of morpholine rings is 1. The first-order valence-corrected chi connectivity index (χ1v) is 5.77. The van der Waals surface area contributed by atoms with Gasteiger partial charge in [-0.2, -0.15) is 0 Å². The summed E-state index contributed by atoms with van der Waals surface area (Å²) in [6.07, 6.45) is 0.495. The predicted octanol–water partition coefficient (Wildman–Crippen LogP) is -0.242. The lowest BCUT2D eigenvalue weighted by Gasteiger charge is -2.36. The van der Waals surface area contributed by atoms with Gasteiger partial charge in [0.2, 0.25) is 11.8 Å². The lowest BCUT2D eigenvalue weighted by molar-refractivity contribution is -0.147. The second kappa shape index (κ2) is 4.41. The van der Waals surface area contributed by atoms with Gasteiger partial charge in [-0.25, -0.2) is 0 Å². The van der Waals surface area contributed by atoms with Gasteiger partial charge in [0.25, 0.3) is 0 Å². The third-order valence-electron chi connectivity index (χ3n) is 3.06.